The molecule has 1 heterocycles. The molecule has 7 heteroatoms. The molecular formula is C20H23N3O4. The number of methoxy groups -OCH3 is 1. The van der Waals surface area contributed by atoms with Gasteiger partial charge in [-0.15, -0.1) is 0 Å². The number of amides is 1. The number of anilines is 2. The lowest BCUT2D eigenvalue weighted by atomic mass is 10.2. The Balaban J connectivity index is 1.49. The highest BCUT2D eigenvalue weighted by Gasteiger charge is 2.19. The minimum absolute atomic E-state index is 0.116. The van der Waals surface area contributed by atoms with E-state index < -0.39 is 5.97 Å². The Morgan fingerprint density at radius 2 is 1.78 bits per heavy atom. The second kappa shape index (κ2) is 8.55. The van der Waals surface area contributed by atoms with Crippen LogP contribution in [0.3, 0.4) is 0 Å². The number of nitrogens with one attached hydrogen (secondary N) is 1. The third kappa shape index (κ3) is 4.98. The van der Waals surface area contributed by atoms with Gasteiger partial charge in [0.2, 0.25) is 5.91 Å². The fraction of sp³-hybridized carbons (Fsp3) is 0.300. The van der Waals surface area contributed by atoms with E-state index in [4.69, 9.17) is 4.74 Å². The highest BCUT2D eigenvalue weighted by molar-refractivity contribution is 5.95. The first-order valence-electron chi connectivity index (χ1n) is 8.80. The topological polar surface area (TPSA) is 82.1 Å². The third-order valence-corrected chi connectivity index (χ3v) is 4.52. The van der Waals surface area contributed by atoms with Crippen LogP contribution in [0.2, 0.25) is 0 Å². The van der Waals surface area contributed by atoms with Crippen molar-refractivity contribution in [1.82, 2.24) is 4.90 Å². The summed E-state index contributed by atoms with van der Waals surface area (Å²) in [7, 11) is 1.32. The largest absolute Gasteiger partial charge is 0.508 e. The number of ether oxygens (including phenoxy) is 1. The molecule has 3 rings (SSSR count). The summed E-state index contributed by atoms with van der Waals surface area (Å²) in [5, 5.41) is 12.2. The van der Waals surface area contributed by atoms with Gasteiger partial charge < -0.3 is 20.1 Å². The Labute approximate surface area is 158 Å². The molecule has 1 fully saturated rings. The number of benzene rings is 2. The van der Waals surface area contributed by atoms with Crippen molar-refractivity contribution in [1.29, 1.82) is 0 Å². The van der Waals surface area contributed by atoms with Crippen LogP contribution in [0.4, 0.5) is 11.4 Å². The number of phenols is 1. The minimum atomic E-state index is -0.434. The number of carbonyl (C=O) groups excluding carboxylic acids is 2. The van der Waals surface area contributed by atoms with Crippen molar-refractivity contribution in [3.8, 4) is 5.75 Å². The number of rotatable bonds is 5. The summed E-state index contributed by atoms with van der Waals surface area (Å²) in [6.45, 7) is 3.48. The normalized spacial score (nSPS) is 14.6. The number of piperazine rings is 1. The quantitative estimate of drug-likeness (QED) is 0.784. The second-order valence-electron chi connectivity index (χ2n) is 6.40. The number of hydrogen-bond acceptors (Lipinski definition) is 6. The Morgan fingerprint density at radius 1 is 1.07 bits per heavy atom. The van der Waals surface area contributed by atoms with Crippen LogP contribution in [-0.4, -0.2) is 61.7 Å². The zero-order valence-electron chi connectivity index (χ0n) is 15.2. The molecule has 27 heavy (non-hydrogen) atoms. The fourth-order valence-corrected chi connectivity index (χ4v) is 3.07. The molecule has 2 aromatic rings. The molecule has 1 saturated heterocycles. The SMILES string of the molecule is COC(=O)c1cccc(NC(=O)CN2CCN(c3ccc(O)cc3)CC2)c1. The number of phenolic OH excluding ortho intramolecular Hbond substituents is 1. The van der Waals surface area contributed by atoms with Crippen LogP contribution < -0.4 is 10.2 Å². The molecule has 0 spiro atoms. The molecule has 0 aromatic heterocycles. The molecule has 1 amide bonds. The first kappa shape index (κ1) is 18.7. The van der Waals surface area contributed by atoms with E-state index in [1.54, 1.807) is 36.4 Å². The van der Waals surface area contributed by atoms with Gasteiger partial charge in [0.15, 0.2) is 0 Å². The zero-order chi connectivity index (χ0) is 19.2. The van der Waals surface area contributed by atoms with Crippen molar-refractivity contribution in [3.63, 3.8) is 0 Å². The molecule has 0 saturated carbocycles. The summed E-state index contributed by atoms with van der Waals surface area (Å²) < 4.78 is 4.69. The molecule has 0 atom stereocenters. The van der Waals surface area contributed by atoms with Gasteiger partial charge in [0.25, 0.3) is 0 Å². The van der Waals surface area contributed by atoms with Crippen molar-refractivity contribution in [2.24, 2.45) is 0 Å². The Hall–Kier alpha value is -3.06. The van der Waals surface area contributed by atoms with Crippen LogP contribution in [-0.2, 0) is 9.53 Å². The lowest BCUT2D eigenvalue weighted by molar-refractivity contribution is -0.117. The van der Waals surface area contributed by atoms with Crippen molar-refractivity contribution < 1.29 is 19.4 Å². The number of carbonyl (C=O) groups is 2. The van der Waals surface area contributed by atoms with Crippen molar-refractivity contribution >= 4 is 23.3 Å². The lowest BCUT2D eigenvalue weighted by Crippen LogP contribution is -2.48. The zero-order valence-corrected chi connectivity index (χ0v) is 15.2. The van der Waals surface area contributed by atoms with Gasteiger partial charge in [-0.1, -0.05) is 6.07 Å². The van der Waals surface area contributed by atoms with Crippen molar-refractivity contribution in [2.75, 3.05) is 50.1 Å². The molecule has 0 bridgehead atoms. The smallest absolute Gasteiger partial charge is 0.337 e. The van der Waals surface area contributed by atoms with Gasteiger partial charge in [-0.2, -0.15) is 0 Å². The molecule has 0 radical (unpaired) electrons. The molecule has 0 aliphatic carbocycles. The number of esters is 1. The average Bonchev–Trinajstić information content (AvgIpc) is 2.69. The van der Waals surface area contributed by atoms with Crippen LogP contribution in [0, 0.1) is 0 Å². The summed E-state index contributed by atoms with van der Waals surface area (Å²) in [6, 6.07) is 13.8. The van der Waals surface area contributed by atoms with Gasteiger partial charge in [-0.3, -0.25) is 9.69 Å². The summed E-state index contributed by atoms with van der Waals surface area (Å²) in [6.07, 6.45) is 0. The second-order valence-corrected chi connectivity index (χ2v) is 6.40. The van der Waals surface area contributed by atoms with Crippen LogP contribution in [0.5, 0.6) is 5.75 Å². The maximum Gasteiger partial charge on any atom is 0.337 e. The van der Waals surface area contributed by atoms with E-state index >= 15 is 0 Å². The van der Waals surface area contributed by atoms with E-state index in [0.29, 0.717) is 17.8 Å². The molecule has 2 N–H and O–H groups in total. The van der Waals surface area contributed by atoms with E-state index in [-0.39, 0.29) is 11.7 Å². The predicted octanol–water partition coefficient (Wildman–Crippen LogP) is 1.94. The van der Waals surface area contributed by atoms with E-state index in [1.165, 1.54) is 7.11 Å². The number of nitrogens with zero attached hydrogens (tertiary/aromatic N) is 2. The molecule has 1 aliphatic heterocycles. The molecule has 1 aliphatic rings. The summed E-state index contributed by atoms with van der Waals surface area (Å²) in [4.78, 5) is 28.2. The maximum absolute atomic E-state index is 12.3. The molecular weight excluding hydrogens is 346 g/mol. The van der Waals surface area contributed by atoms with Gasteiger partial charge >= 0.3 is 5.97 Å². The highest BCUT2D eigenvalue weighted by atomic mass is 16.5. The summed E-state index contributed by atoms with van der Waals surface area (Å²) >= 11 is 0. The van der Waals surface area contributed by atoms with Crippen molar-refractivity contribution in [2.45, 2.75) is 0 Å². The first-order valence-corrected chi connectivity index (χ1v) is 8.80. The molecule has 0 unspecified atom stereocenters. The van der Waals surface area contributed by atoms with E-state index in [2.05, 4.69) is 15.1 Å². The fourth-order valence-electron chi connectivity index (χ4n) is 3.07. The van der Waals surface area contributed by atoms with Crippen LogP contribution in [0.1, 0.15) is 10.4 Å². The highest BCUT2D eigenvalue weighted by Crippen LogP contribution is 2.20. The Bertz CT molecular complexity index is 799. The van der Waals surface area contributed by atoms with E-state index in [9.17, 15) is 14.7 Å². The van der Waals surface area contributed by atoms with Crippen LogP contribution >= 0.6 is 0 Å². The molecule has 142 valence electrons. The Kier molecular flexibility index (Phi) is 5.93. The monoisotopic (exact) mass is 369 g/mol. The predicted molar refractivity (Wildman–Crippen MR) is 103 cm³/mol. The van der Waals surface area contributed by atoms with Gasteiger partial charge in [0, 0.05) is 37.6 Å². The molecule has 2 aromatic carbocycles. The van der Waals surface area contributed by atoms with Gasteiger partial charge in [-0.25, -0.2) is 4.79 Å². The number of aromatic hydroxyl groups is 1. The summed E-state index contributed by atoms with van der Waals surface area (Å²) in [5.74, 6) is -0.295. The molecule has 7 nitrogen and oxygen atoms in total. The van der Waals surface area contributed by atoms with E-state index in [1.807, 2.05) is 12.1 Å². The van der Waals surface area contributed by atoms with Crippen LogP contribution in [0.25, 0.3) is 0 Å². The maximum atomic E-state index is 12.3. The van der Waals surface area contributed by atoms with Crippen molar-refractivity contribution in [3.05, 3.63) is 54.1 Å². The van der Waals surface area contributed by atoms with Gasteiger partial charge in [0.05, 0.1) is 19.2 Å². The standard InChI is InChI=1S/C20H23N3O4/c1-27-20(26)15-3-2-4-16(13-15)21-19(25)14-22-9-11-23(12-10-22)17-5-7-18(24)8-6-17/h2-8,13,24H,9-12,14H2,1H3,(H,21,25). The first-order chi connectivity index (χ1) is 13.0. The number of hydrogen-bond donors (Lipinski definition) is 2. The van der Waals surface area contributed by atoms with Gasteiger partial charge in [0.1, 0.15) is 5.75 Å². The Morgan fingerprint density at radius 3 is 2.44 bits per heavy atom. The minimum Gasteiger partial charge on any atom is -0.508 e. The third-order valence-electron chi connectivity index (χ3n) is 4.52. The van der Waals surface area contributed by atoms with Crippen LogP contribution in [0.15, 0.2) is 48.5 Å². The summed E-state index contributed by atoms with van der Waals surface area (Å²) in [5.41, 5.74) is 2.04. The average molecular weight is 369 g/mol. The van der Waals surface area contributed by atoms with Gasteiger partial charge in [-0.05, 0) is 42.5 Å². The van der Waals surface area contributed by atoms with E-state index in [0.717, 1.165) is 31.9 Å². The lowest BCUT2D eigenvalue weighted by Gasteiger charge is -2.35.